The summed E-state index contributed by atoms with van der Waals surface area (Å²) in [4.78, 5) is 10.6. The van der Waals surface area contributed by atoms with E-state index in [2.05, 4.69) is 0 Å². The molecule has 1 aromatic carbocycles. The van der Waals surface area contributed by atoms with Gasteiger partial charge in [-0.15, -0.1) is 0 Å². The molecule has 7 nitrogen and oxygen atoms in total. The number of aliphatic hydroxyl groups is 2. The zero-order valence-corrected chi connectivity index (χ0v) is 17.5. The molecule has 1 saturated carbocycles. The predicted octanol–water partition coefficient (Wildman–Crippen LogP) is 2.53. The predicted molar refractivity (Wildman–Crippen MR) is 111 cm³/mol. The van der Waals surface area contributed by atoms with Crippen molar-refractivity contribution in [3.63, 3.8) is 0 Å². The SMILES string of the molecule is O=C(O)COC[C@H]1CC[C@@H]2[C@@H](/C=C/[C@@H](O)COc3ccc(Cl)cc3)[C@H](O)C[C@@H]2OC1. The molecule has 8 heteroatoms. The van der Waals surface area contributed by atoms with Crippen LogP contribution in [0.15, 0.2) is 36.4 Å². The number of hydrogen-bond acceptors (Lipinski definition) is 6. The van der Waals surface area contributed by atoms with Crippen molar-refractivity contribution in [1.82, 2.24) is 0 Å². The van der Waals surface area contributed by atoms with Crippen LogP contribution in [0.1, 0.15) is 19.3 Å². The molecular weight excluding hydrogens is 412 g/mol. The molecule has 1 aromatic rings. The lowest BCUT2D eigenvalue weighted by molar-refractivity contribution is -0.143. The molecule has 3 N–H and O–H groups in total. The third-order valence-corrected chi connectivity index (χ3v) is 5.97. The Labute approximate surface area is 181 Å². The zero-order valence-electron chi connectivity index (χ0n) is 16.7. The summed E-state index contributed by atoms with van der Waals surface area (Å²) in [6, 6.07) is 6.92. The van der Waals surface area contributed by atoms with Crippen LogP contribution < -0.4 is 4.74 Å². The molecule has 2 aliphatic rings. The molecule has 1 saturated heterocycles. The summed E-state index contributed by atoms with van der Waals surface area (Å²) in [6.45, 7) is 0.662. The van der Waals surface area contributed by atoms with Gasteiger partial charge in [-0.3, -0.25) is 0 Å². The number of carbonyl (C=O) groups is 1. The number of carboxylic acid groups (broad SMARTS) is 1. The van der Waals surface area contributed by atoms with Crippen molar-refractivity contribution in [2.75, 3.05) is 26.4 Å². The van der Waals surface area contributed by atoms with Crippen LogP contribution in [0.2, 0.25) is 5.02 Å². The molecular formula is C22H29ClO7. The van der Waals surface area contributed by atoms with E-state index in [0.29, 0.717) is 30.4 Å². The Morgan fingerprint density at radius 3 is 2.80 bits per heavy atom. The Kier molecular flexibility index (Phi) is 8.53. The monoisotopic (exact) mass is 440 g/mol. The molecule has 0 aromatic heterocycles. The lowest BCUT2D eigenvalue weighted by Gasteiger charge is -2.21. The van der Waals surface area contributed by atoms with Crippen LogP contribution in [-0.4, -0.2) is 66.0 Å². The number of halogens is 1. The van der Waals surface area contributed by atoms with Crippen molar-refractivity contribution < 1.29 is 34.3 Å². The first-order valence-electron chi connectivity index (χ1n) is 10.3. The minimum Gasteiger partial charge on any atom is -0.491 e. The molecule has 30 heavy (non-hydrogen) atoms. The van der Waals surface area contributed by atoms with Gasteiger partial charge in [-0.25, -0.2) is 4.79 Å². The molecule has 1 aliphatic carbocycles. The maximum Gasteiger partial charge on any atom is 0.329 e. The summed E-state index contributed by atoms with van der Waals surface area (Å²) in [5.74, 6) is -0.145. The van der Waals surface area contributed by atoms with Gasteiger partial charge in [0.1, 0.15) is 25.1 Å². The van der Waals surface area contributed by atoms with Crippen molar-refractivity contribution in [3.05, 3.63) is 41.4 Å². The van der Waals surface area contributed by atoms with Gasteiger partial charge in [0.05, 0.1) is 25.4 Å². The van der Waals surface area contributed by atoms with Crippen molar-refractivity contribution >= 4 is 17.6 Å². The summed E-state index contributed by atoms with van der Waals surface area (Å²) in [5, 5.41) is 30.0. The van der Waals surface area contributed by atoms with Crippen molar-refractivity contribution in [3.8, 4) is 5.75 Å². The molecule has 0 amide bonds. The first-order chi connectivity index (χ1) is 14.4. The fourth-order valence-corrected chi connectivity index (χ4v) is 4.31. The molecule has 0 spiro atoms. The molecule has 0 radical (unpaired) electrons. The Morgan fingerprint density at radius 1 is 1.30 bits per heavy atom. The van der Waals surface area contributed by atoms with Gasteiger partial charge in [0.15, 0.2) is 0 Å². The van der Waals surface area contributed by atoms with Crippen LogP contribution >= 0.6 is 11.6 Å². The third-order valence-electron chi connectivity index (χ3n) is 5.71. The van der Waals surface area contributed by atoms with Crippen LogP contribution in [0, 0.1) is 17.8 Å². The van der Waals surface area contributed by atoms with E-state index in [1.807, 2.05) is 6.08 Å². The Bertz CT molecular complexity index is 708. The fraction of sp³-hybridized carbons (Fsp3) is 0.591. The highest BCUT2D eigenvalue weighted by Crippen LogP contribution is 2.41. The number of ether oxygens (including phenoxy) is 3. The Hall–Kier alpha value is -1.64. The molecule has 1 heterocycles. The van der Waals surface area contributed by atoms with Crippen LogP contribution in [0.5, 0.6) is 5.75 Å². The summed E-state index contributed by atoms with van der Waals surface area (Å²) in [6.07, 6.45) is 4.45. The molecule has 0 unspecified atom stereocenters. The van der Waals surface area contributed by atoms with Gasteiger partial charge in [-0.1, -0.05) is 23.8 Å². The molecule has 2 fully saturated rings. The second kappa shape index (κ2) is 11.1. The van der Waals surface area contributed by atoms with Gasteiger partial charge in [0.25, 0.3) is 0 Å². The molecule has 166 valence electrons. The summed E-state index contributed by atoms with van der Waals surface area (Å²) in [5.41, 5.74) is 0. The van der Waals surface area contributed by atoms with Gasteiger partial charge in [-0.05, 0) is 43.0 Å². The largest absolute Gasteiger partial charge is 0.491 e. The summed E-state index contributed by atoms with van der Waals surface area (Å²) >= 11 is 5.84. The average molecular weight is 441 g/mol. The number of fused-ring (bicyclic) bond motifs is 1. The number of hydrogen-bond donors (Lipinski definition) is 3. The van der Waals surface area contributed by atoms with E-state index in [4.69, 9.17) is 30.9 Å². The molecule has 6 atom stereocenters. The number of aliphatic carboxylic acids is 1. The van der Waals surface area contributed by atoms with E-state index in [1.165, 1.54) is 0 Å². The average Bonchev–Trinajstić information content (AvgIpc) is 2.87. The fourth-order valence-electron chi connectivity index (χ4n) is 4.18. The van der Waals surface area contributed by atoms with Gasteiger partial charge < -0.3 is 29.5 Å². The summed E-state index contributed by atoms with van der Waals surface area (Å²) in [7, 11) is 0. The molecule has 1 aliphatic heterocycles. The Morgan fingerprint density at radius 2 is 2.07 bits per heavy atom. The van der Waals surface area contributed by atoms with Crippen LogP contribution in [0.3, 0.4) is 0 Å². The quantitative estimate of drug-likeness (QED) is 0.506. The minimum atomic E-state index is -0.978. The normalized spacial score (nSPS) is 30.0. The maximum atomic E-state index is 10.6. The van der Waals surface area contributed by atoms with E-state index in [-0.39, 0.29) is 37.1 Å². The van der Waals surface area contributed by atoms with Crippen molar-refractivity contribution in [2.24, 2.45) is 17.8 Å². The lowest BCUT2D eigenvalue weighted by atomic mass is 9.87. The van der Waals surface area contributed by atoms with Gasteiger partial charge >= 0.3 is 5.97 Å². The standard InChI is InChI=1S/C22H29ClO7/c23-15-2-5-17(6-3-15)29-12-16(24)4-8-18-19-7-1-14(10-28-13-22(26)27)11-30-21(19)9-20(18)25/h2-6,8,14,16,18-21,24-25H,1,7,9-13H2,(H,26,27)/b8-4+/t14-,16-,18-,19-,20-,21+/m1/s1. The molecule has 0 bridgehead atoms. The van der Waals surface area contributed by atoms with Crippen molar-refractivity contribution in [1.29, 1.82) is 0 Å². The van der Waals surface area contributed by atoms with Crippen LogP contribution in [-0.2, 0) is 14.3 Å². The van der Waals surface area contributed by atoms with Crippen LogP contribution in [0.4, 0.5) is 0 Å². The van der Waals surface area contributed by atoms with Crippen molar-refractivity contribution in [2.45, 2.75) is 37.6 Å². The topological polar surface area (TPSA) is 105 Å². The van der Waals surface area contributed by atoms with Crippen LogP contribution in [0.25, 0.3) is 0 Å². The van der Waals surface area contributed by atoms with E-state index in [9.17, 15) is 15.0 Å². The number of aliphatic hydroxyl groups excluding tert-OH is 2. The first kappa shape index (κ1) is 23.0. The minimum absolute atomic E-state index is 0.0402. The molecule has 3 rings (SSSR count). The van der Waals surface area contributed by atoms with E-state index < -0.39 is 18.2 Å². The highest BCUT2D eigenvalue weighted by molar-refractivity contribution is 6.30. The highest BCUT2D eigenvalue weighted by Gasteiger charge is 2.43. The second-order valence-corrected chi connectivity index (χ2v) is 8.42. The smallest absolute Gasteiger partial charge is 0.329 e. The maximum absolute atomic E-state index is 10.6. The second-order valence-electron chi connectivity index (χ2n) is 7.99. The summed E-state index contributed by atoms with van der Waals surface area (Å²) < 4.78 is 16.8. The van der Waals surface area contributed by atoms with Gasteiger partial charge in [0.2, 0.25) is 0 Å². The van der Waals surface area contributed by atoms with Gasteiger partial charge in [0, 0.05) is 23.3 Å². The van der Waals surface area contributed by atoms with Gasteiger partial charge in [-0.2, -0.15) is 0 Å². The Balaban J connectivity index is 1.48. The first-order valence-corrected chi connectivity index (χ1v) is 10.6. The highest BCUT2D eigenvalue weighted by atomic mass is 35.5. The zero-order chi connectivity index (χ0) is 21.5. The van der Waals surface area contributed by atoms with E-state index in [0.717, 1.165) is 12.8 Å². The lowest BCUT2D eigenvalue weighted by Crippen LogP contribution is -2.22. The number of rotatable bonds is 9. The van der Waals surface area contributed by atoms with E-state index in [1.54, 1.807) is 30.3 Å². The van der Waals surface area contributed by atoms with E-state index >= 15 is 0 Å². The third kappa shape index (κ3) is 6.68. The number of benzene rings is 1. The number of carboxylic acids is 1.